The lowest BCUT2D eigenvalue weighted by molar-refractivity contribution is 0.131. The number of rotatable bonds is 5. The third-order valence-electron chi connectivity index (χ3n) is 3.80. The molecule has 0 radical (unpaired) electrons. The van der Waals surface area contributed by atoms with E-state index in [-0.39, 0.29) is 12.2 Å². The molecule has 2 aromatic carbocycles. The maximum atomic E-state index is 6.10. The molecule has 0 aromatic heterocycles. The van der Waals surface area contributed by atoms with Crippen molar-refractivity contribution in [2.24, 2.45) is 0 Å². The highest BCUT2D eigenvalue weighted by Crippen LogP contribution is 2.35. The van der Waals surface area contributed by atoms with Crippen molar-refractivity contribution < 1.29 is 9.47 Å². The number of aryl methyl sites for hydroxylation is 1. The van der Waals surface area contributed by atoms with Gasteiger partial charge >= 0.3 is 0 Å². The fraction of sp³-hybridized carbons (Fsp3) is 0.368. The summed E-state index contributed by atoms with van der Waals surface area (Å²) in [5.41, 5.74) is 3.66. The lowest BCUT2D eigenvalue weighted by Crippen LogP contribution is -2.50. The molecule has 0 amide bonds. The van der Waals surface area contributed by atoms with Gasteiger partial charge in [-0.05, 0) is 49.6 Å². The van der Waals surface area contributed by atoms with E-state index in [1.54, 1.807) is 0 Å². The first kappa shape index (κ1) is 14.9. The minimum absolute atomic E-state index is 0.131. The molecule has 1 fully saturated rings. The van der Waals surface area contributed by atoms with Crippen LogP contribution in [0.5, 0.6) is 11.5 Å². The van der Waals surface area contributed by atoms with Crippen molar-refractivity contribution in [3.63, 3.8) is 0 Å². The monoisotopic (exact) mass is 297 g/mol. The third-order valence-corrected chi connectivity index (χ3v) is 3.80. The van der Waals surface area contributed by atoms with Gasteiger partial charge in [-0.3, -0.25) is 0 Å². The Kier molecular flexibility index (Phi) is 4.34. The van der Waals surface area contributed by atoms with Gasteiger partial charge < -0.3 is 14.8 Å². The van der Waals surface area contributed by atoms with E-state index in [0.29, 0.717) is 0 Å². The molecule has 0 bridgehead atoms. The fourth-order valence-corrected chi connectivity index (χ4v) is 2.54. The van der Waals surface area contributed by atoms with E-state index < -0.39 is 0 Å². The molecule has 0 aliphatic carbocycles. The first-order valence-corrected chi connectivity index (χ1v) is 7.87. The zero-order valence-electron chi connectivity index (χ0n) is 13.4. The summed E-state index contributed by atoms with van der Waals surface area (Å²) in [4.78, 5) is 0. The Balaban J connectivity index is 1.95. The molecule has 3 nitrogen and oxygen atoms in total. The zero-order chi connectivity index (χ0) is 15.5. The predicted octanol–water partition coefficient (Wildman–Crippen LogP) is 3.80. The quantitative estimate of drug-likeness (QED) is 0.910. The van der Waals surface area contributed by atoms with Gasteiger partial charge in [0.1, 0.15) is 6.10 Å². The van der Waals surface area contributed by atoms with Crippen LogP contribution in [-0.4, -0.2) is 25.3 Å². The molecule has 22 heavy (non-hydrogen) atoms. The van der Waals surface area contributed by atoms with Crippen LogP contribution in [-0.2, 0) is 0 Å². The van der Waals surface area contributed by atoms with Crippen molar-refractivity contribution in [3.05, 3.63) is 48.0 Å². The van der Waals surface area contributed by atoms with Gasteiger partial charge in [0.05, 0.1) is 6.10 Å². The lowest BCUT2D eigenvalue weighted by atomic mass is 10.0. The summed E-state index contributed by atoms with van der Waals surface area (Å²) < 4.78 is 12.0. The Hall–Kier alpha value is -2.00. The van der Waals surface area contributed by atoms with Crippen LogP contribution in [0, 0.1) is 6.92 Å². The number of hydrogen-bond acceptors (Lipinski definition) is 3. The van der Waals surface area contributed by atoms with Gasteiger partial charge in [-0.1, -0.05) is 30.3 Å². The summed E-state index contributed by atoms with van der Waals surface area (Å²) in [6.07, 6.45) is 0.368. The summed E-state index contributed by atoms with van der Waals surface area (Å²) in [7, 11) is 0. The summed E-state index contributed by atoms with van der Waals surface area (Å²) in [5.74, 6) is 1.65. The van der Waals surface area contributed by atoms with Gasteiger partial charge in [-0.15, -0.1) is 0 Å². The molecule has 2 aromatic rings. The van der Waals surface area contributed by atoms with Crippen molar-refractivity contribution in [2.75, 3.05) is 13.1 Å². The van der Waals surface area contributed by atoms with Crippen LogP contribution in [0.2, 0.25) is 0 Å². The molecule has 0 unspecified atom stereocenters. The molecule has 3 heteroatoms. The Morgan fingerprint density at radius 1 is 1.05 bits per heavy atom. The summed E-state index contributed by atoms with van der Waals surface area (Å²) in [5, 5.41) is 3.23. The van der Waals surface area contributed by atoms with Crippen molar-refractivity contribution in [3.8, 4) is 22.6 Å². The first-order valence-electron chi connectivity index (χ1n) is 7.87. The average Bonchev–Trinajstić information content (AvgIpc) is 2.44. The van der Waals surface area contributed by atoms with Crippen LogP contribution >= 0.6 is 0 Å². The molecule has 0 atom stereocenters. The minimum Gasteiger partial charge on any atom is -0.487 e. The molecule has 116 valence electrons. The Bertz CT molecular complexity index is 648. The Labute approximate surface area is 132 Å². The van der Waals surface area contributed by atoms with E-state index in [1.165, 1.54) is 11.1 Å². The van der Waals surface area contributed by atoms with Crippen molar-refractivity contribution in [2.45, 2.75) is 33.0 Å². The topological polar surface area (TPSA) is 30.5 Å². The molecule has 1 aliphatic rings. The van der Waals surface area contributed by atoms with Crippen LogP contribution in [0.4, 0.5) is 0 Å². The van der Waals surface area contributed by atoms with E-state index in [1.807, 2.05) is 19.9 Å². The SMILES string of the molecule is Cc1ccccc1-c1ccc(OC(C)C)c(OC2CNC2)c1. The largest absolute Gasteiger partial charge is 0.487 e. The Morgan fingerprint density at radius 2 is 1.82 bits per heavy atom. The van der Waals surface area contributed by atoms with Crippen molar-refractivity contribution in [1.29, 1.82) is 0 Å². The molecular weight excluding hydrogens is 274 g/mol. The predicted molar refractivity (Wildman–Crippen MR) is 89.7 cm³/mol. The van der Waals surface area contributed by atoms with Crippen LogP contribution < -0.4 is 14.8 Å². The molecule has 1 aliphatic heterocycles. The zero-order valence-corrected chi connectivity index (χ0v) is 13.4. The maximum Gasteiger partial charge on any atom is 0.162 e. The van der Waals surface area contributed by atoms with Gasteiger partial charge in [0, 0.05) is 13.1 Å². The fourth-order valence-electron chi connectivity index (χ4n) is 2.54. The summed E-state index contributed by atoms with van der Waals surface area (Å²) >= 11 is 0. The van der Waals surface area contributed by atoms with Crippen LogP contribution in [0.3, 0.4) is 0 Å². The van der Waals surface area contributed by atoms with Crippen LogP contribution in [0.1, 0.15) is 19.4 Å². The second kappa shape index (κ2) is 6.41. The summed E-state index contributed by atoms with van der Waals surface area (Å²) in [6, 6.07) is 14.6. The van der Waals surface area contributed by atoms with Crippen molar-refractivity contribution >= 4 is 0 Å². The standard InChI is InChI=1S/C19H23NO2/c1-13(2)21-18-9-8-15(17-7-5-4-6-14(17)3)10-19(18)22-16-11-20-12-16/h4-10,13,16,20H,11-12H2,1-3H3. The summed E-state index contributed by atoms with van der Waals surface area (Å²) in [6.45, 7) is 7.99. The van der Waals surface area contributed by atoms with Gasteiger partial charge in [0.15, 0.2) is 11.5 Å². The first-order chi connectivity index (χ1) is 10.6. The van der Waals surface area contributed by atoms with E-state index >= 15 is 0 Å². The smallest absolute Gasteiger partial charge is 0.162 e. The van der Waals surface area contributed by atoms with Crippen molar-refractivity contribution in [1.82, 2.24) is 5.32 Å². The van der Waals surface area contributed by atoms with E-state index in [9.17, 15) is 0 Å². The average molecular weight is 297 g/mol. The molecular formula is C19H23NO2. The van der Waals surface area contributed by atoms with Gasteiger partial charge in [0.25, 0.3) is 0 Å². The molecule has 3 rings (SSSR count). The molecule has 0 spiro atoms. The van der Waals surface area contributed by atoms with Gasteiger partial charge in [0.2, 0.25) is 0 Å². The number of nitrogens with one attached hydrogen (secondary N) is 1. The number of ether oxygens (including phenoxy) is 2. The highest BCUT2D eigenvalue weighted by atomic mass is 16.5. The number of benzene rings is 2. The molecule has 0 saturated carbocycles. The van der Waals surface area contributed by atoms with E-state index in [4.69, 9.17) is 9.47 Å². The molecule has 1 heterocycles. The third kappa shape index (κ3) is 3.25. The molecule has 1 saturated heterocycles. The lowest BCUT2D eigenvalue weighted by Gasteiger charge is -2.29. The number of hydrogen-bond donors (Lipinski definition) is 1. The highest BCUT2D eigenvalue weighted by Gasteiger charge is 2.21. The van der Waals surface area contributed by atoms with E-state index in [2.05, 4.69) is 48.6 Å². The van der Waals surface area contributed by atoms with Crippen LogP contribution in [0.25, 0.3) is 11.1 Å². The minimum atomic E-state index is 0.131. The Morgan fingerprint density at radius 3 is 2.45 bits per heavy atom. The van der Waals surface area contributed by atoms with E-state index in [0.717, 1.165) is 30.2 Å². The molecule has 1 N–H and O–H groups in total. The van der Waals surface area contributed by atoms with Crippen LogP contribution in [0.15, 0.2) is 42.5 Å². The van der Waals surface area contributed by atoms with Gasteiger partial charge in [-0.25, -0.2) is 0 Å². The normalized spacial score (nSPS) is 14.7. The van der Waals surface area contributed by atoms with Gasteiger partial charge in [-0.2, -0.15) is 0 Å². The maximum absolute atomic E-state index is 6.10. The highest BCUT2D eigenvalue weighted by molar-refractivity contribution is 5.70. The second-order valence-corrected chi connectivity index (χ2v) is 6.04. The second-order valence-electron chi connectivity index (χ2n) is 6.04.